The fourth-order valence-corrected chi connectivity index (χ4v) is 1.56. The predicted octanol–water partition coefficient (Wildman–Crippen LogP) is 2.97. The molecule has 2 rings (SSSR count). The SMILES string of the molecule is C/C=C/CCc1cccc(OCC2CO2)c1. The first-order valence-corrected chi connectivity index (χ1v) is 5.83. The van der Waals surface area contributed by atoms with Gasteiger partial charge in [0.25, 0.3) is 0 Å². The first-order valence-electron chi connectivity index (χ1n) is 5.83. The fourth-order valence-electron chi connectivity index (χ4n) is 1.56. The topological polar surface area (TPSA) is 21.8 Å². The molecule has 1 fully saturated rings. The molecule has 0 aliphatic carbocycles. The Morgan fingerprint density at radius 1 is 1.50 bits per heavy atom. The van der Waals surface area contributed by atoms with Gasteiger partial charge in [-0.05, 0) is 37.5 Å². The van der Waals surface area contributed by atoms with Gasteiger partial charge in [-0.1, -0.05) is 24.3 Å². The lowest BCUT2D eigenvalue weighted by Crippen LogP contribution is -2.04. The van der Waals surface area contributed by atoms with Crippen molar-refractivity contribution in [2.24, 2.45) is 0 Å². The van der Waals surface area contributed by atoms with Gasteiger partial charge in [-0.25, -0.2) is 0 Å². The molecule has 0 radical (unpaired) electrons. The minimum absolute atomic E-state index is 0.326. The van der Waals surface area contributed by atoms with Gasteiger partial charge in [0.05, 0.1) is 6.61 Å². The van der Waals surface area contributed by atoms with Crippen molar-refractivity contribution in [1.29, 1.82) is 0 Å². The summed E-state index contributed by atoms with van der Waals surface area (Å²) >= 11 is 0. The molecule has 1 atom stereocenters. The van der Waals surface area contributed by atoms with Crippen LogP contribution < -0.4 is 4.74 Å². The highest BCUT2D eigenvalue weighted by atomic mass is 16.6. The first-order chi connectivity index (χ1) is 7.88. The third-order valence-corrected chi connectivity index (χ3v) is 2.57. The zero-order valence-electron chi connectivity index (χ0n) is 9.69. The Hall–Kier alpha value is -1.28. The highest BCUT2D eigenvalue weighted by Crippen LogP contribution is 2.17. The van der Waals surface area contributed by atoms with E-state index < -0.39 is 0 Å². The van der Waals surface area contributed by atoms with E-state index >= 15 is 0 Å². The monoisotopic (exact) mass is 218 g/mol. The number of hydrogen-bond acceptors (Lipinski definition) is 2. The quantitative estimate of drug-likeness (QED) is 0.541. The van der Waals surface area contributed by atoms with Crippen molar-refractivity contribution in [2.45, 2.75) is 25.9 Å². The summed E-state index contributed by atoms with van der Waals surface area (Å²) in [5, 5.41) is 0. The Bertz CT molecular complexity index is 354. The van der Waals surface area contributed by atoms with E-state index in [-0.39, 0.29) is 0 Å². The van der Waals surface area contributed by atoms with Crippen LogP contribution in [0.5, 0.6) is 5.75 Å². The summed E-state index contributed by atoms with van der Waals surface area (Å²) in [6, 6.07) is 8.31. The summed E-state index contributed by atoms with van der Waals surface area (Å²) in [6.45, 7) is 3.58. The van der Waals surface area contributed by atoms with E-state index in [1.165, 1.54) is 5.56 Å². The maximum Gasteiger partial charge on any atom is 0.119 e. The normalized spacial score (nSPS) is 18.9. The number of allylic oxidation sites excluding steroid dienone is 2. The molecule has 86 valence electrons. The van der Waals surface area contributed by atoms with Crippen molar-refractivity contribution in [1.82, 2.24) is 0 Å². The molecule has 1 heterocycles. The van der Waals surface area contributed by atoms with E-state index in [0.29, 0.717) is 12.7 Å². The lowest BCUT2D eigenvalue weighted by Gasteiger charge is -2.06. The number of epoxide rings is 1. The van der Waals surface area contributed by atoms with E-state index in [2.05, 4.69) is 31.2 Å². The third-order valence-electron chi connectivity index (χ3n) is 2.57. The number of hydrogen-bond donors (Lipinski definition) is 0. The number of aryl methyl sites for hydroxylation is 1. The highest BCUT2D eigenvalue weighted by Gasteiger charge is 2.22. The molecule has 2 nitrogen and oxygen atoms in total. The summed E-state index contributed by atoms with van der Waals surface area (Å²) in [5.41, 5.74) is 1.33. The first kappa shape index (κ1) is 11.2. The van der Waals surface area contributed by atoms with Crippen LogP contribution in [0.3, 0.4) is 0 Å². The Morgan fingerprint density at radius 3 is 3.12 bits per heavy atom. The van der Waals surface area contributed by atoms with Crippen molar-refractivity contribution in [2.75, 3.05) is 13.2 Å². The molecule has 1 saturated heterocycles. The van der Waals surface area contributed by atoms with Gasteiger partial charge >= 0.3 is 0 Å². The Balaban J connectivity index is 1.84. The molecule has 2 heteroatoms. The summed E-state index contributed by atoms with van der Waals surface area (Å²) in [4.78, 5) is 0. The summed E-state index contributed by atoms with van der Waals surface area (Å²) in [7, 11) is 0. The van der Waals surface area contributed by atoms with Crippen LogP contribution in [0.1, 0.15) is 18.9 Å². The molecule has 1 aliphatic rings. The van der Waals surface area contributed by atoms with Crippen LogP contribution in [0.15, 0.2) is 36.4 Å². The van der Waals surface area contributed by atoms with Gasteiger partial charge in [-0.2, -0.15) is 0 Å². The maximum absolute atomic E-state index is 5.63. The lowest BCUT2D eigenvalue weighted by molar-refractivity contribution is 0.263. The second kappa shape index (κ2) is 5.71. The van der Waals surface area contributed by atoms with Gasteiger partial charge < -0.3 is 9.47 Å². The van der Waals surface area contributed by atoms with E-state index in [1.54, 1.807) is 0 Å². The summed E-state index contributed by atoms with van der Waals surface area (Å²) in [5.74, 6) is 0.952. The molecule has 0 bridgehead atoms. The molecule has 0 saturated carbocycles. The average Bonchev–Trinajstić information content (AvgIpc) is 3.11. The molecular weight excluding hydrogens is 200 g/mol. The van der Waals surface area contributed by atoms with Gasteiger partial charge in [-0.3, -0.25) is 0 Å². The van der Waals surface area contributed by atoms with Crippen LogP contribution in [-0.4, -0.2) is 19.3 Å². The van der Waals surface area contributed by atoms with Gasteiger partial charge in [0.15, 0.2) is 0 Å². The zero-order chi connectivity index (χ0) is 11.2. The van der Waals surface area contributed by atoms with Crippen LogP contribution in [0.25, 0.3) is 0 Å². The average molecular weight is 218 g/mol. The smallest absolute Gasteiger partial charge is 0.119 e. The molecule has 0 N–H and O–H groups in total. The summed E-state index contributed by atoms with van der Waals surface area (Å²) in [6.07, 6.45) is 6.76. The Labute approximate surface area is 96.9 Å². The van der Waals surface area contributed by atoms with Crippen LogP contribution in [0.4, 0.5) is 0 Å². The second-order valence-electron chi connectivity index (χ2n) is 4.02. The molecule has 0 aromatic heterocycles. The van der Waals surface area contributed by atoms with Crippen molar-refractivity contribution >= 4 is 0 Å². The molecular formula is C14H18O2. The Morgan fingerprint density at radius 2 is 2.38 bits per heavy atom. The van der Waals surface area contributed by atoms with Gasteiger partial charge in [-0.15, -0.1) is 0 Å². The molecule has 0 amide bonds. The van der Waals surface area contributed by atoms with Crippen molar-refractivity contribution < 1.29 is 9.47 Å². The molecule has 0 spiro atoms. The predicted molar refractivity (Wildman–Crippen MR) is 64.8 cm³/mol. The van der Waals surface area contributed by atoms with E-state index in [9.17, 15) is 0 Å². The standard InChI is InChI=1S/C14H18O2/c1-2-3-4-6-12-7-5-8-13(9-12)15-10-14-11-16-14/h2-3,5,7-9,14H,4,6,10-11H2,1H3/b3-2+. The minimum atomic E-state index is 0.326. The van der Waals surface area contributed by atoms with Crippen LogP contribution in [0.2, 0.25) is 0 Å². The molecule has 1 unspecified atom stereocenters. The number of ether oxygens (including phenoxy) is 2. The third kappa shape index (κ3) is 3.70. The van der Waals surface area contributed by atoms with Gasteiger partial charge in [0.2, 0.25) is 0 Å². The largest absolute Gasteiger partial charge is 0.491 e. The van der Waals surface area contributed by atoms with Gasteiger partial charge in [0, 0.05) is 0 Å². The van der Waals surface area contributed by atoms with E-state index in [4.69, 9.17) is 9.47 Å². The minimum Gasteiger partial charge on any atom is -0.491 e. The van der Waals surface area contributed by atoms with Crippen LogP contribution >= 0.6 is 0 Å². The number of rotatable bonds is 6. The fraction of sp³-hybridized carbons (Fsp3) is 0.429. The van der Waals surface area contributed by atoms with E-state index in [1.807, 2.05) is 12.1 Å². The number of benzene rings is 1. The van der Waals surface area contributed by atoms with Crippen molar-refractivity contribution in [3.8, 4) is 5.75 Å². The second-order valence-corrected chi connectivity index (χ2v) is 4.02. The van der Waals surface area contributed by atoms with E-state index in [0.717, 1.165) is 25.2 Å². The lowest BCUT2D eigenvalue weighted by atomic mass is 10.1. The Kier molecular flexibility index (Phi) is 4.00. The zero-order valence-corrected chi connectivity index (χ0v) is 9.69. The summed E-state index contributed by atoms with van der Waals surface area (Å²) < 4.78 is 10.7. The molecule has 1 aliphatic heterocycles. The molecule has 1 aromatic rings. The van der Waals surface area contributed by atoms with Crippen molar-refractivity contribution in [3.63, 3.8) is 0 Å². The van der Waals surface area contributed by atoms with Crippen molar-refractivity contribution in [3.05, 3.63) is 42.0 Å². The van der Waals surface area contributed by atoms with Crippen LogP contribution in [0, 0.1) is 0 Å². The molecule has 1 aromatic carbocycles. The maximum atomic E-state index is 5.63. The van der Waals surface area contributed by atoms with Crippen LogP contribution in [-0.2, 0) is 11.2 Å². The highest BCUT2D eigenvalue weighted by molar-refractivity contribution is 5.28. The van der Waals surface area contributed by atoms with Gasteiger partial charge in [0.1, 0.15) is 18.5 Å². The molecule has 16 heavy (non-hydrogen) atoms.